The van der Waals surface area contributed by atoms with Crippen LogP contribution < -0.4 is 10.2 Å². The van der Waals surface area contributed by atoms with Crippen LogP contribution in [0.2, 0.25) is 0 Å². The number of piperidine rings is 1. The minimum absolute atomic E-state index is 0.00643. The number of anilines is 2. The third kappa shape index (κ3) is 4.34. The molecule has 5 rings (SSSR count). The monoisotopic (exact) mass is 485 g/mol. The molecule has 1 saturated heterocycles. The number of rotatable bonds is 5. The van der Waals surface area contributed by atoms with Crippen molar-refractivity contribution in [3.05, 3.63) is 53.8 Å². The third-order valence-corrected chi connectivity index (χ3v) is 8.78. The third-order valence-electron chi connectivity index (χ3n) is 6.92. The largest absolute Gasteiger partial charge is 0.326 e. The molecule has 2 aromatic rings. The highest BCUT2D eigenvalue weighted by atomic mass is 32.2. The molecule has 2 aromatic carbocycles. The second-order valence-corrected chi connectivity index (χ2v) is 11.5. The van der Waals surface area contributed by atoms with E-state index in [1.165, 1.54) is 22.5 Å². The molecule has 2 aliphatic heterocycles. The summed E-state index contributed by atoms with van der Waals surface area (Å²) in [5.74, 6) is -1.06. The zero-order chi connectivity index (χ0) is 24.0. The Labute approximate surface area is 199 Å². The fourth-order valence-corrected chi connectivity index (χ4v) is 6.54. The van der Waals surface area contributed by atoms with Gasteiger partial charge in [-0.25, -0.2) is 12.8 Å². The lowest BCUT2D eigenvalue weighted by atomic mass is 9.99. The first kappa shape index (κ1) is 23.0. The molecule has 7 nitrogen and oxygen atoms in total. The summed E-state index contributed by atoms with van der Waals surface area (Å²) in [5, 5.41) is 2.69. The van der Waals surface area contributed by atoms with E-state index >= 15 is 0 Å². The molecule has 34 heavy (non-hydrogen) atoms. The Balaban J connectivity index is 1.32. The Bertz CT molecular complexity index is 1240. The highest BCUT2D eigenvalue weighted by molar-refractivity contribution is 7.89. The molecule has 0 bridgehead atoms. The molecule has 1 N–H and O–H groups in total. The lowest BCUT2D eigenvalue weighted by Crippen LogP contribution is -2.43. The zero-order valence-corrected chi connectivity index (χ0v) is 19.9. The summed E-state index contributed by atoms with van der Waals surface area (Å²) in [6.45, 7) is 2.40. The van der Waals surface area contributed by atoms with Gasteiger partial charge in [-0.05, 0) is 81.0 Å². The number of benzene rings is 2. The molecule has 2 atom stereocenters. The van der Waals surface area contributed by atoms with Crippen LogP contribution in [0.1, 0.15) is 38.2 Å². The minimum atomic E-state index is -3.80. The number of hydrogen-bond acceptors (Lipinski definition) is 4. The van der Waals surface area contributed by atoms with Gasteiger partial charge in [0.15, 0.2) is 0 Å². The Hall–Kier alpha value is -2.78. The van der Waals surface area contributed by atoms with Gasteiger partial charge in [0.1, 0.15) is 5.82 Å². The Kier molecular flexibility index (Phi) is 5.93. The van der Waals surface area contributed by atoms with Crippen LogP contribution in [-0.4, -0.2) is 43.7 Å². The maximum Gasteiger partial charge on any atom is 0.243 e. The van der Waals surface area contributed by atoms with Crippen LogP contribution >= 0.6 is 0 Å². The molecule has 9 heteroatoms. The van der Waals surface area contributed by atoms with Crippen LogP contribution in [-0.2, 0) is 26.0 Å². The summed E-state index contributed by atoms with van der Waals surface area (Å²) in [4.78, 5) is 27.4. The van der Waals surface area contributed by atoms with E-state index in [-0.39, 0.29) is 35.2 Å². The molecular formula is C25H28FN3O4S. The number of halogens is 1. The zero-order valence-electron chi connectivity index (χ0n) is 19.0. The van der Waals surface area contributed by atoms with Crippen molar-refractivity contribution in [1.82, 2.24) is 4.31 Å². The van der Waals surface area contributed by atoms with E-state index in [1.807, 2.05) is 11.8 Å². The van der Waals surface area contributed by atoms with Gasteiger partial charge in [-0.1, -0.05) is 6.07 Å². The number of nitrogens with zero attached hydrogens (tertiary/aromatic N) is 2. The molecule has 0 spiro atoms. The lowest BCUT2D eigenvalue weighted by molar-refractivity contribution is -0.121. The summed E-state index contributed by atoms with van der Waals surface area (Å²) in [6, 6.07) is 10.6. The number of sulfonamides is 1. The number of amides is 2. The second kappa shape index (κ2) is 8.78. The summed E-state index contributed by atoms with van der Waals surface area (Å²) in [6.07, 6.45) is 3.59. The van der Waals surface area contributed by atoms with Crippen LogP contribution in [0.25, 0.3) is 0 Å². The SMILES string of the molecule is CC1Cc2cc(S(=O)(=O)N3CCCC(C(=O)Nc4cccc(F)c4)C3)ccc2N1C(=O)C1CC1. The van der Waals surface area contributed by atoms with Crippen molar-refractivity contribution in [3.8, 4) is 0 Å². The van der Waals surface area contributed by atoms with Crippen molar-refractivity contribution < 1.29 is 22.4 Å². The molecule has 180 valence electrons. The smallest absolute Gasteiger partial charge is 0.243 e. The van der Waals surface area contributed by atoms with E-state index in [0.717, 1.165) is 24.1 Å². The average molecular weight is 486 g/mol. The number of carbonyl (C=O) groups excluding carboxylic acids is 2. The molecule has 0 radical (unpaired) electrons. The first-order valence-electron chi connectivity index (χ1n) is 11.8. The highest BCUT2D eigenvalue weighted by Gasteiger charge is 2.40. The van der Waals surface area contributed by atoms with Gasteiger partial charge >= 0.3 is 0 Å². The molecule has 0 aromatic heterocycles. The number of fused-ring (bicyclic) bond motifs is 1. The van der Waals surface area contributed by atoms with Crippen LogP contribution in [0.15, 0.2) is 47.4 Å². The number of carbonyl (C=O) groups is 2. The average Bonchev–Trinajstić information content (AvgIpc) is 3.60. The van der Waals surface area contributed by atoms with Gasteiger partial charge in [0.25, 0.3) is 0 Å². The first-order valence-corrected chi connectivity index (χ1v) is 13.2. The molecule has 3 aliphatic rings. The topological polar surface area (TPSA) is 86.8 Å². The molecule has 2 amide bonds. The molecular weight excluding hydrogens is 457 g/mol. The maximum absolute atomic E-state index is 13.4. The van der Waals surface area contributed by atoms with Gasteiger partial charge in [0, 0.05) is 36.4 Å². The summed E-state index contributed by atoms with van der Waals surface area (Å²) >= 11 is 0. The van der Waals surface area contributed by atoms with Gasteiger partial charge in [0.2, 0.25) is 21.8 Å². The fourth-order valence-electron chi connectivity index (χ4n) is 4.97. The van der Waals surface area contributed by atoms with Gasteiger partial charge in [-0.15, -0.1) is 0 Å². The highest BCUT2D eigenvalue weighted by Crippen LogP contribution is 2.40. The Morgan fingerprint density at radius 2 is 1.85 bits per heavy atom. The van der Waals surface area contributed by atoms with E-state index in [4.69, 9.17) is 0 Å². The molecule has 2 unspecified atom stereocenters. The van der Waals surface area contributed by atoms with Crippen molar-refractivity contribution in [2.24, 2.45) is 11.8 Å². The summed E-state index contributed by atoms with van der Waals surface area (Å²) in [7, 11) is -3.80. The summed E-state index contributed by atoms with van der Waals surface area (Å²) < 4.78 is 41.7. The van der Waals surface area contributed by atoms with Crippen molar-refractivity contribution >= 4 is 33.2 Å². The fraction of sp³-hybridized carbons (Fsp3) is 0.440. The number of nitrogens with one attached hydrogen (secondary N) is 1. The van der Waals surface area contributed by atoms with Gasteiger partial charge < -0.3 is 10.2 Å². The van der Waals surface area contributed by atoms with Gasteiger partial charge in [-0.3, -0.25) is 9.59 Å². The summed E-state index contributed by atoms with van der Waals surface area (Å²) in [5.41, 5.74) is 2.01. The second-order valence-electron chi connectivity index (χ2n) is 9.53. The quantitative estimate of drug-likeness (QED) is 0.702. The predicted octanol–water partition coefficient (Wildman–Crippen LogP) is 3.55. The van der Waals surface area contributed by atoms with Crippen LogP contribution in [0.5, 0.6) is 0 Å². The van der Waals surface area contributed by atoms with E-state index in [2.05, 4.69) is 5.32 Å². The van der Waals surface area contributed by atoms with E-state index in [1.54, 1.807) is 24.3 Å². The lowest BCUT2D eigenvalue weighted by Gasteiger charge is -2.31. The normalized spacial score (nSPS) is 22.9. The van der Waals surface area contributed by atoms with E-state index < -0.39 is 21.8 Å². The van der Waals surface area contributed by atoms with Crippen LogP contribution in [0.3, 0.4) is 0 Å². The molecule has 1 saturated carbocycles. The predicted molar refractivity (Wildman–Crippen MR) is 126 cm³/mol. The van der Waals surface area contributed by atoms with Crippen LogP contribution in [0, 0.1) is 17.7 Å². The van der Waals surface area contributed by atoms with Crippen molar-refractivity contribution in [3.63, 3.8) is 0 Å². The van der Waals surface area contributed by atoms with Gasteiger partial charge in [0.05, 0.1) is 10.8 Å². The molecule has 2 heterocycles. The molecule has 2 fully saturated rings. The first-order chi connectivity index (χ1) is 16.2. The van der Waals surface area contributed by atoms with E-state index in [0.29, 0.717) is 31.5 Å². The van der Waals surface area contributed by atoms with Crippen molar-refractivity contribution in [2.75, 3.05) is 23.3 Å². The van der Waals surface area contributed by atoms with Gasteiger partial charge in [-0.2, -0.15) is 4.31 Å². The maximum atomic E-state index is 13.4. The Morgan fingerprint density at radius 3 is 2.59 bits per heavy atom. The minimum Gasteiger partial charge on any atom is -0.326 e. The molecule has 1 aliphatic carbocycles. The Morgan fingerprint density at radius 1 is 1.06 bits per heavy atom. The van der Waals surface area contributed by atoms with Crippen molar-refractivity contribution in [2.45, 2.75) is 50.0 Å². The van der Waals surface area contributed by atoms with Crippen molar-refractivity contribution in [1.29, 1.82) is 0 Å². The van der Waals surface area contributed by atoms with Crippen LogP contribution in [0.4, 0.5) is 15.8 Å². The number of hydrogen-bond donors (Lipinski definition) is 1. The standard InChI is InChI=1S/C25H28FN3O4S/c1-16-12-19-13-22(9-10-23(19)29(16)25(31)17-7-8-17)34(32,33)28-11-3-4-18(15-28)24(30)27-21-6-2-5-20(26)14-21/h2,5-6,9-10,13-14,16-18H,3-4,7-8,11-12,15H2,1H3,(H,27,30). The van der Waals surface area contributed by atoms with E-state index in [9.17, 15) is 22.4 Å².